The lowest BCUT2D eigenvalue weighted by Gasteiger charge is -2.11. The summed E-state index contributed by atoms with van der Waals surface area (Å²) in [6, 6.07) is 11.4. The molecule has 0 saturated carbocycles. The summed E-state index contributed by atoms with van der Waals surface area (Å²) in [4.78, 5) is 0. The summed E-state index contributed by atoms with van der Waals surface area (Å²) in [7, 11) is 0. The fraction of sp³-hybridized carbons (Fsp3) is 0.300. The molecule has 0 fully saturated rings. The Kier molecular flexibility index (Phi) is 2.84. The Bertz CT molecular complexity index is 274. The molecular formula is C10H11NO. The van der Waals surface area contributed by atoms with Crippen LogP contribution in [0.1, 0.15) is 18.4 Å². The second-order valence-corrected chi connectivity index (χ2v) is 2.76. The summed E-state index contributed by atoms with van der Waals surface area (Å²) < 4.78 is 0. The zero-order valence-corrected chi connectivity index (χ0v) is 6.94. The first-order valence-electron chi connectivity index (χ1n) is 3.88. The average molecular weight is 161 g/mol. The summed E-state index contributed by atoms with van der Waals surface area (Å²) in [5.41, 5.74) is 0.870. The van der Waals surface area contributed by atoms with Crippen LogP contribution in [0, 0.1) is 11.3 Å². The normalized spacial score (nSPS) is 14.8. The Morgan fingerprint density at radius 3 is 2.33 bits per heavy atom. The Morgan fingerprint density at radius 1 is 1.33 bits per heavy atom. The number of nitrogens with zero attached hydrogens (tertiary/aromatic N) is 1. The van der Waals surface area contributed by atoms with Gasteiger partial charge in [0.2, 0.25) is 0 Å². The van der Waals surface area contributed by atoms with E-state index in [0.717, 1.165) is 5.56 Å². The molecule has 1 rings (SSSR count). The molecule has 2 heteroatoms. The van der Waals surface area contributed by atoms with Gasteiger partial charge in [-0.2, -0.15) is 5.26 Å². The average Bonchev–Trinajstić information content (AvgIpc) is 2.07. The maximum Gasteiger partial charge on any atom is 0.0969 e. The Balaban J connectivity index is 2.90. The predicted octanol–water partition coefficient (Wildman–Crippen LogP) is 1.67. The van der Waals surface area contributed by atoms with Crippen molar-refractivity contribution in [3.8, 4) is 6.07 Å². The van der Waals surface area contributed by atoms with Crippen LogP contribution in [0.5, 0.6) is 0 Å². The highest BCUT2D eigenvalue weighted by Gasteiger charge is 2.15. The van der Waals surface area contributed by atoms with Crippen LogP contribution < -0.4 is 0 Å². The lowest BCUT2D eigenvalue weighted by atomic mass is 9.96. The van der Waals surface area contributed by atoms with Gasteiger partial charge in [-0.1, -0.05) is 30.3 Å². The molecule has 0 aliphatic heterocycles. The highest BCUT2D eigenvalue weighted by atomic mass is 16.3. The van der Waals surface area contributed by atoms with Crippen molar-refractivity contribution < 1.29 is 5.11 Å². The smallest absolute Gasteiger partial charge is 0.0969 e. The van der Waals surface area contributed by atoms with E-state index in [-0.39, 0.29) is 0 Å². The van der Waals surface area contributed by atoms with Crippen LogP contribution in [0.4, 0.5) is 0 Å². The van der Waals surface area contributed by atoms with Crippen LogP contribution in [0.15, 0.2) is 30.3 Å². The molecule has 2 atom stereocenters. The molecule has 0 aliphatic rings. The third kappa shape index (κ3) is 1.84. The van der Waals surface area contributed by atoms with Gasteiger partial charge in [0.15, 0.2) is 0 Å². The molecule has 0 amide bonds. The molecule has 0 aromatic heterocycles. The molecule has 0 unspecified atom stereocenters. The van der Waals surface area contributed by atoms with Gasteiger partial charge in [-0.05, 0) is 12.5 Å². The second kappa shape index (κ2) is 3.89. The largest absolute Gasteiger partial charge is 0.392 e. The number of aliphatic hydroxyl groups is 1. The molecule has 0 spiro atoms. The fourth-order valence-corrected chi connectivity index (χ4v) is 1.12. The maximum absolute atomic E-state index is 9.24. The van der Waals surface area contributed by atoms with E-state index >= 15 is 0 Å². The van der Waals surface area contributed by atoms with Crippen molar-refractivity contribution in [2.75, 3.05) is 0 Å². The van der Waals surface area contributed by atoms with E-state index in [9.17, 15) is 5.11 Å². The van der Waals surface area contributed by atoms with E-state index in [0.29, 0.717) is 0 Å². The van der Waals surface area contributed by atoms with E-state index in [2.05, 4.69) is 6.07 Å². The highest BCUT2D eigenvalue weighted by Crippen LogP contribution is 2.17. The molecule has 0 saturated heterocycles. The van der Waals surface area contributed by atoms with Crippen molar-refractivity contribution in [2.45, 2.75) is 18.9 Å². The van der Waals surface area contributed by atoms with Crippen LogP contribution in [-0.4, -0.2) is 11.2 Å². The minimum atomic E-state index is -0.614. The zero-order valence-electron chi connectivity index (χ0n) is 6.94. The molecule has 62 valence electrons. The van der Waals surface area contributed by atoms with Gasteiger partial charge in [-0.25, -0.2) is 0 Å². The van der Waals surface area contributed by atoms with E-state index in [1.165, 1.54) is 0 Å². The second-order valence-electron chi connectivity index (χ2n) is 2.76. The van der Waals surface area contributed by atoms with Crippen molar-refractivity contribution in [1.29, 1.82) is 5.26 Å². The molecule has 0 bridgehead atoms. The summed E-state index contributed by atoms with van der Waals surface area (Å²) in [5, 5.41) is 18.0. The quantitative estimate of drug-likeness (QED) is 0.717. The number of aliphatic hydroxyl groups excluding tert-OH is 1. The van der Waals surface area contributed by atoms with E-state index < -0.39 is 12.0 Å². The van der Waals surface area contributed by atoms with Gasteiger partial charge < -0.3 is 5.11 Å². The van der Waals surface area contributed by atoms with Gasteiger partial charge in [0.25, 0.3) is 0 Å². The summed E-state index contributed by atoms with van der Waals surface area (Å²) in [5.74, 6) is -0.411. The standard InChI is InChI=1S/C10H11NO/c1-8(12)10(7-11)9-5-3-2-4-6-9/h2-6,8,10,12H,1H3/t8-,10-/m0/s1. The third-order valence-corrected chi connectivity index (χ3v) is 1.78. The van der Waals surface area contributed by atoms with Gasteiger partial charge in [-0.3, -0.25) is 0 Å². The Hall–Kier alpha value is -1.33. The summed E-state index contributed by atoms with van der Waals surface area (Å²) >= 11 is 0. The molecule has 0 radical (unpaired) electrons. The third-order valence-electron chi connectivity index (χ3n) is 1.78. The van der Waals surface area contributed by atoms with Crippen LogP contribution in [-0.2, 0) is 0 Å². The molecule has 0 heterocycles. The Morgan fingerprint density at radius 2 is 1.92 bits per heavy atom. The number of hydrogen-bond acceptors (Lipinski definition) is 2. The first kappa shape index (κ1) is 8.76. The fourth-order valence-electron chi connectivity index (χ4n) is 1.12. The Labute approximate surface area is 72.1 Å². The van der Waals surface area contributed by atoms with Crippen molar-refractivity contribution >= 4 is 0 Å². The van der Waals surface area contributed by atoms with E-state index in [4.69, 9.17) is 5.26 Å². The van der Waals surface area contributed by atoms with E-state index in [1.54, 1.807) is 6.92 Å². The van der Waals surface area contributed by atoms with Gasteiger partial charge in [0.05, 0.1) is 18.1 Å². The molecule has 2 nitrogen and oxygen atoms in total. The highest BCUT2D eigenvalue weighted by molar-refractivity contribution is 5.25. The maximum atomic E-state index is 9.24. The molecular weight excluding hydrogens is 150 g/mol. The van der Waals surface area contributed by atoms with Crippen molar-refractivity contribution in [3.05, 3.63) is 35.9 Å². The van der Waals surface area contributed by atoms with Crippen LogP contribution in [0.25, 0.3) is 0 Å². The minimum absolute atomic E-state index is 0.411. The summed E-state index contributed by atoms with van der Waals surface area (Å²) in [6.07, 6.45) is -0.614. The number of hydrogen-bond donors (Lipinski definition) is 1. The molecule has 1 aromatic rings. The number of benzene rings is 1. The van der Waals surface area contributed by atoms with Crippen molar-refractivity contribution in [2.24, 2.45) is 0 Å². The number of nitriles is 1. The lowest BCUT2D eigenvalue weighted by molar-refractivity contribution is 0.181. The van der Waals surface area contributed by atoms with E-state index in [1.807, 2.05) is 30.3 Å². The zero-order chi connectivity index (χ0) is 8.97. The monoisotopic (exact) mass is 161 g/mol. The number of rotatable bonds is 2. The van der Waals surface area contributed by atoms with Crippen molar-refractivity contribution in [1.82, 2.24) is 0 Å². The van der Waals surface area contributed by atoms with Crippen LogP contribution in [0.3, 0.4) is 0 Å². The molecule has 12 heavy (non-hydrogen) atoms. The minimum Gasteiger partial charge on any atom is -0.392 e. The van der Waals surface area contributed by atoms with Crippen LogP contribution >= 0.6 is 0 Å². The summed E-state index contributed by atoms with van der Waals surface area (Å²) in [6.45, 7) is 1.63. The SMILES string of the molecule is C[C@H](O)[C@H](C#N)c1ccccc1. The molecule has 0 aliphatic carbocycles. The first-order chi connectivity index (χ1) is 5.75. The van der Waals surface area contributed by atoms with Crippen molar-refractivity contribution in [3.63, 3.8) is 0 Å². The van der Waals surface area contributed by atoms with Gasteiger partial charge in [0, 0.05) is 0 Å². The van der Waals surface area contributed by atoms with Gasteiger partial charge in [-0.15, -0.1) is 0 Å². The van der Waals surface area contributed by atoms with Gasteiger partial charge >= 0.3 is 0 Å². The first-order valence-corrected chi connectivity index (χ1v) is 3.88. The predicted molar refractivity (Wildman–Crippen MR) is 46.5 cm³/mol. The van der Waals surface area contributed by atoms with Gasteiger partial charge in [0.1, 0.15) is 0 Å². The molecule has 1 N–H and O–H groups in total. The lowest BCUT2D eigenvalue weighted by Crippen LogP contribution is -2.12. The molecule has 1 aromatic carbocycles. The topological polar surface area (TPSA) is 44.0 Å². The van der Waals surface area contributed by atoms with Crippen LogP contribution in [0.2, 0.25) is 0 Å².